The van der Waals surface area contributed by atoms with Crippen LogP contribution in [0.1, 0.15) is 33.6 Å². The van der Waals surface area contributed by atoms with Crippen LogP contribution in [0.3, 0.4) is 0 Å². The van der Waals surface area contributed by atoms with Crippen molar-refractivity contribution in [1.29, 1.82) is 0 Å². The third kappa shape index (κ3) is 2.37. The van der Waals surface area contributed by atoms with Crippen LogP contribution in [0.2, 0.25) is 0 Å². The van der Waals surface area contributed by atoms with Crippen LogP contribution >= 0.6 is 12.2 Å². The molecule has 0 fully saturated rings. The van der Waals surface area contributed by atoms with Gasteiger partial charge in [-0.15, -0.1) is 0 Å². The Labute approximate surface area is 80.5 Å². The minimum absolute atomic E-state index is 0.0891. The summed E-state index contributed by atoms with van der Waals surface area (Å²) >= 11 is 4.60. The number of nitrogens with one attached hydrogen (secondary N) is 1. The van der Waals surface area contributed by atoms with Gasteiger partial charge in [-0.05, 0) is 39.0 Å². The molecule has 70 valence electrons. The first-order valence-electron chi connectivity index (χ1n) is 4.42. The number of thiocarbonyl (C=S) groups is 1. The van der Waals surface area contributed by atoms with Crippen LogP contribution in [0.15, 0.2) is 4.99 Å². The molecule has 0 aliphatic carbocycles. The van der Waals surface area contributed by atoms with E-state index in [2.05, 4.69) is 48.5 Å². The molecule has 1 N–H and O–H groups in total. The van der Waals surface area contributed by atoms with Gasteiger partial charge in [-0.25, -0.2) is 4.99 Å². The maximum Gasteiger partial charge on any atom is 0.0755 e. The van der Waals surface area contributed by atoms with Gasteiger partial charge in [-0.1, -0.05) is 13.8 Å². The lowest BCUT2D eigenvalue weighted by Crippen LogP contribution is -2.49. The third-order valence-corrected chi connectivity index (χ3v) is 2.91. The summed E-state index contributed by atoms with van der Waals surface area (Å²) in [6, 6.07) is 0.204. The molecule has 0 rings (SSSR count). The van der Waals surface area contributed by atoms with Crippen LogP contribution < -0.4 is 5.32 Å². The van der Waals surface area contributed by atoms with Crippen molar-refractivity contribution in [2.24, 2.45) is 4.99 Å². The van der Waals surface area contributed by atoms with Crippen molar-refractivity contribution in [3.8, 4) is 0 Å². The molecule has 0 saturated heterocycles. The van der Waals surface area contributed by atoms with E-state index in [0.717, 1.165) is 12.8 Å². The molecule has 0 amide bonds. The summed E-state index contributed by atoms with van der Waals surface area (Å²) in [7, 11) is 1.97. The summed E-state index contributed by atoms with van der Waals surface area (Å²) in [6.07, 6.45) is 2.11. The van der Waals surface area contributed by atoms with E-state index in [1.165, 1.54) is 0 Å². The van der Waals surface area contributed by atoms with Crippen LogP contribution in [-0.4, -0.2) is 23.8 Å². The minimum Gasteiger partial charge on any atom is -0.312 e. The Balaban J connectivity index is 4.56. The molecule has 12 heavy (non-hydrogen) atoms. The van der Waals surface area contributed by atoms with Crippen molar-refractivity contribution < 1.29 is 0 Å². The molecule has 1 atom stereocenters. The average molecular weight is 186 g/mol. The van der Waals surface area contributed by atoms with Gasteiger partial charge in [0.2, 0.25) is 0 Å². The second kappa shape index (κ2) is 5.41. The fraction of sp³-hybridized carbons (Fsp3) is 0.889. The van der Waals surface area contributed by atoms with Crippen LogP contribution in [0.4, 0.5) is 0 Å². The van der Waals surface area contributed by atoms with Crippen molar-refractivity contribution in [2.75, 3.05) is 7.05 Å². The summed E-state index contributed by atoms with van der Waals surface area (Å²) in [4.78, 5) is 4.11. The highest BCUT2D eigenvalue weighted by atomic mass is 32.1. The number of hydrogen-bond acceptors (Lipinski definition) is 3. The molecular weight excluding hydrogens is 168 g/mol. The van der Waals surface area contributed by atoms with Crippen molar-refractivity contribution in [2.45, 2.75) is 45.2 Å². The Morgan fingerprint density at radius 2 is 2.00 bits per heavy atom. The number of hydrogen-bond donors (Lipinski definition) is 1. The first-order valence-corrected chi connectivity index (χ1v) is 4.83. The van der Waals surface area contributed by atoms with Gasteiger partial charge in [-0.2, -0.15) is 0 Å². The largest absolute Gasteiger partial charge is 0.312 e. The first kappa shape index (κ1) is 11.8. The Hall–Kier alpha value is -0.240. The van der Waals surface area contributed by atoms with E-state index in [4.69, 9.17) is 0 Å². The highest BCUT2D eigenvalue weighted by molar-refractivity contribution is 7.78. The SMILES string of the molecule is CCC(CC)(NC)C(C)N=C=S. The Morgan fingerprint density at radius 1 is 1.50 bits per heavy atom. The second-order valence-electron chi connectivity index (χ2n) is 3.01. The summed E-state index contributed by atoms with van der Waals surface area (Å²) < 4.78 is 0. The van der Waals surface area contributed by atoms with Crippen molar-refractivity contribution in [3.05, 3.63) is 0 Å². The smallest absolute Gasteiger partial charge is 0.0755 e. The summed E-state index contributed by atoms with van der Waals surface area (Å²) in [6.45, 7) is 6.40. The average Bonchev–Trinajstić information content (AvgIpc) is 2.09. The predicted molar refractivity (Wildman–Crippen MR) is 56.9 cm³/mol. The number of nitrogens with zero attached hydrogens (tertiary/aromatic N) is 1. The van der Waals surface area contributed by atoms with E-state index < -0.39 is 0 Å². The zero-order valence-corrected chi connectivity index (χ0v) is 9.16. The van der Waals surface area contributed by atoms with Gasteiger partial charge < -0.3 is 5.32 Å². The molecule has 0 aromatic rings. The molecule has 0 bridgehead atoms. The fourth-order valence-electron chi connectivity index (χ4n) is 1.61. The Kier molecular flexibility index (Phi) is 5.31. The predicted octanol–water partition coefficient (Wildman–Crippen LogP) is 2.26. The Bertz CT molecular complexity index is 161. The van der Waals surface area contributed by atoms with Crippen LogP contribution in [0, 0.1) is 0 Å². The summed E-state index contributed by atoms with van der Waals surface area (Å²) in [5, 5.41) is 5.76. The van der Waals surface area contributed by atoms with E-state index in [1.54, 1.807) is 0 Å². The zero-order chi connectivity index (χ0) is 9.61. The summed E-state index contributed by atoms with van der Waals surface area (Å²) in [5.41, 5.74) is 0.0891. The lowest BCUT2D eigenvalue weighted by atomic mass is 9.86. The molecule has 0 spiro atoms. The number of aliphatic imine (C=N–C) groups is 1. The van der Waals surface area contributed by atoms with Crippen molar-refractivity contribution in [3.63, 3.8) is 0 Å². The molecule has 0 aromatic heterocycles. The lowest BCUT2D eigenvalue weighted by Gasteiger charge is -2.34. The van der Waals surface area contributed by atoms with E-state index in [1.807, 2.05) is 7.05 Å². The van der Waals surface area contributed by atoms with Crippen LogP contribution in [-0.2, 0) is 0 Å². The molecule has 0 aliphatic rings. The fourth-order valence-corrected chi connectivity index (χ4v) is 1.76. The van der Waals surface area contributed by atoms with Gasteiger partial charge in [0, 0.05) is 5.54 Å². The van der Waals surface area contributed by atoms with E-state index in [9.17, 15) is 0 Å². The van der Waals surface area contributed by atoms with Gasteiger partial charge >= 0.3 is 0 Å². The number of rotatable bonds is 5. The van der Waals surface area contributed by atoms with Gasteiger partial charge in [0.05, 0.1) is 11.2 Å². The summed E-state index contributed by atoms with van der Waals surface area (Å²) in [5.74, 6) is 0. The van der Waals surface area contributed by atoms with Gasteiger partial charge in [-0.3, -0.25) is 0 Å². The van der Waals surface area contributed by atoms with Crippen LogP contribution in [0.5, 0.6) is 0 Å². The molecule has 2 nitrogen and oxygen atoms in total. The molecule has 0 radical (unpaired) electrons. The molecular formula is C9H18N2S. The van der Waals surface area contributed by atoms with Crippen molar-refractivity contribution in [1.82, 2.24) is 5.32 Å². The maximum atomic E-state index is 4.60. The highest BCUT2D eigenvalue weighted by Gasteiger charge is 2.30. The van der Waals surface area contributed by atoms with E-state index in [0.29, 0.717) is 0 Å². The van der Waals surface area contributed by atoms with Crippen molar-refractivity contribution >= 4 is 17.4 Å². The molecule has 3 heteroatoms. The maximum absolute atomic E-state index is 4.60. The second-order valence-corrected chi connectivity index (χ2v) is 3.19. The first-order chi connectivity index (χ1) is 5.66. The van der Waals surface area contributed by atoms with Gasteiger partial charge in [0.25, 0.3) is 0 Å². The minimum atomic E-state index is 0.0891. The zero-order valence-electron chi connectivity index (χ0n) is 8.35. The molecule has 1 unspecified atom stereocenters. The molecule has 0 aliphatic heterocycles. The standard InChI is InChI=1S/C9H18N2S/c1-5-9(6-2,10-4)8(3)11-7-12/h8,10H,5-6H2,1-4H3. The highest BCUT2D eigenvalue weighted by Crippen LogP contribution is 2.21. The Morgan fingerprint density at radius 3 is 2.25 bits per heavy atom. The van der Waals surface area contributed by atoms with E-state index >= 15 is 0 Å². The van der Waals surface area contributed by atoms with E-state index in [-0.39, 0.29) is 11.6 Å². The van der Waals surface area contributed by atoms with Crippen LogP contribution in [0.25, 0.3) is 0 Å². The quantitative estimate of drug-likeness (QED) is 0.526. The molecule has 0 heterocycles. The topological polar surface area (TPSA) is 24.4 Å². The molecule has 0 aromatic carbocycles. The monoisotopic (exact) mass is 186 g/mol. The van der Waals surface area contributed by atoms with Gasteiger partial charge in [0.15, 0.2) is 0 Å². The molecule has 0 saturated carbocycles. The number of isothiocyanates is 1. The normalized spacial score (nSPS) is 13.7. The lowest BCUT2D eigenvalue weighted by molar-refractivity contribution is 0.278. The third-order valence-electron chi connectivity index (χ3n) is 2.81. The van der Waals surface area contributed by atoms with Gasteiger partial charge in [0.1, 0.15) is 0 Å². The number of likely N-dealkylation sites (N-methyl/N-ethyl adjacent to an activating group) is 1.